The van der Waals surface area contributed by atoms with E-state index < -0.39 is 0 Å². The Labute approximate surface area is 108 Å². The summed E-state index contributed by atoms with van der Waals surface area (Å²) < 4.78 is 13.2. The molecule has 0 aliphatic carbocycles. The molecule has 0 aliphatic rings. The van der Waals surface area contributed by atoms with Crippen LogP contribution in [0.15, 0.2) is 24.4 Å². The van der Waals surface area contributed by atoms with E-state index in [0.29, 0.717) is 16.5 Å². The summed E-state index contributed by atoms with van der Waals surface area (Å²) in [7, 11) is 0. The van der Waals surface area contributed by atoms with Crippen molar-refractivity contribution < 1.29 is 4.39 Å². The van der Waals surface area contributed by atoms with Gasteiger partial charge in [0.1, 0.15) is 10.8 Å². The highest BCUT2D eigenvalue weighted by Crippen LogP contribution is 2.24. The second-order valence-corrected chi connectivity index (χ2v) is 4.22. The van der Waals surface area contributed by atoms with Crippen molar-refractivity contribution in [3.8, 4) is 0 Å². The molecule has 0 spiro atoms. The first-order valence-corrected chi connectivity index (χ1v) is 5.52. The molecule has 0 unspecified atom stereocenters. The van der Waals surface area contributed by atoms with Crippen molar-refractivity contribution in [2.24, 2.45) is 0 Å². The Kier molecular flexibility index (Phi) is 3.45. The molecule has 0 radical (unpaired) electrons. The number of anilines is 2. The van der Waals surface area contributed by atoms with Crippen molar-refractivity contribution in [2.75, 3.05) is 5.32 Å². The SMILES string of the molecule is Cc1cc(F)cc(Nc2nc(Cl)ncc2Cl)c1. The number of benzene rings is 1. The highest BCUT2D eigenvalue weighted by Gasteiger charge is 2.05. The van der Waals surface area contributed by atoms with Gasteiger partial charge in [0.15, 0.2) is 5.82 Å². The van der Waals surface area contributed by atoms with Crippen molar-refractivity contribution in [3.63, 3.8) is 0 Å². The Hall–Kier alpha value is -1.39. The van der Waals surface area contributed by atoms with Crippen LogP contribution in [0.4, 0.5) is 15.9 Å². The number of nitrogens with zero attached hydrogens (tertiary/aromatic N) is 2. The molecule has 17 heavy (non-hydrogen) atoms. The summed E-state index contributed by atoms with van der Waals surface area (Å²) in [5, 5.41) is 3.28. The van der Waals surface area contributed by atoms with Crippen LogP contribution in [-0.4, -0.2) is 9.97 Å². The molecule has 1 N–H and O–H groups in total. The maximum Gasteiger partial charge on any atom is 0.224 e. The normalized spacial score (nSPS) is 10.4. The summed E-state index contributed by atoms with van der Waals surface area (Å²) in [4.78, 5) is 7.64. The summed E-state index contributed by atoms with van der Waals surface area (Å²) in [6, 6.07) is 4.55. The third-order valence-electron chi connectivity index (χ3n) is 2.02. The Morgan fingerprint density at radius 3 is 2.71 bits per heavy atom. The van der Waals surface area contributed by atoms with Crippen molar-refractivity contribution in [2.45, 2.75) is 6.92 Å². The summed E-state index contributed by atoms with van der Waals surface area (Å²) in [5.74, 6) is 0.0143. The first-order chi connectivity index (χ1) is 8.04. The van der Waals surface area contributed by atoms with Crippen molar-refractivity contribution >= 4 is 34.7 Å². The topological polar surface area (TPSA) is 37.8 Å². The van der Waals surface area contributed by atoms with Crippen molar-refractivity contribution in [1.29, 1.82) is 0 Å². The lowest BCUT2D eigenvalue weighted by molar-refractivity contribution is 0.627. The van der Waals surface area contributed by atoms with Crippen LogP contribution in [0.2, 0.25) is 10.3 Å². The van der Waals surface area contributed by atoms with E-state index in [1.165, 1.54) is 18.3 Å². The summed E-state index contributed by atoms with van der Waals surface area (Å²) in [6.07, 6.45) is 1.38. The molecule has 2 rings (SSSR count). The van der Waals surface area contributed by atoms with Gasteiger partial charge < -0.3 is 5.32 Å². The van der Waals surface area contributed by atoms with E-state index in [0.717, 1.165) is 5.56 Å². The van der Waals surface area contributed by atoms with Crippen LogP contribution >= 0.6 is 23.2 Å². The van der Waals surface area contributed by atoms with E-state index in [-0.39, 0.29) is 11.1 Å². The minimum Gasteiger partial charge on any atom is -0.339 e. The molecule has 0 aliphatic heterocycles. The first-order valence-electron chi connectivity index (χ1n) is 4.77. The van der Waals surface area contributed by atoms with E-state index in [1.54, 1.807) is 13.0 Å². The second kappa shape index (κ2) is 4.85. The van der Waals surface area contributed by atoms with Crippen molar-refractivity contribution in [1.82, 2.24) is 9.97 Å². The third-order valence-corrected chi connectivity index (χ3v) is 2.48. The predicted molar refractivity (Wildman–Crippen MR) is 66.5 cm³/mol. The molecule has 0 saturated carbocycles. The number of nitrogens with one attached hydrogen (secondary N) is 1. The molecule has 6 heteroatoms. The highest BCUT2D eigenvalue weighted by molar-refractivity contribution is 6.33. The van der Waals surface area contributed by atoms with Gasteiger partial charge in [-0.25, -0.2) is 9.37 Å². The van der Waals surface area contributed by atoms with Crippen LogP contribution in [0.3, 0.4) is 0 Å². The molecule has 1 aromatic heterocycles. The Morgan fingerprint density at radius 1 is 1.24 bits per heavy atom. The van der Waals surface area contributed by atoms with Crippen molar-refractivity contribution in [3.05, 3.63) is 46.1 Å². The fourth-order valence-corrected chi connectivity index (χ4v) is 1.65. The molecule has 0 saturated heterocycles. The monoisotopic (exact) mass is 271 g/mol. The quantitative estimate of drug-likeness (QED) is 0.840. The maximum absolute atomic E-state index is 13.2. The number of aromatic nitrogens is 2. The van der Waals surface area contributed by atoms with Crippen LogP contribution in [0.1, 0.15) is 5.56 Å². The molecule has 0 atom stereocenters. The average molecular weight is 272 g/mol. The van der Waals surface area contributed by atoms with Gasteiger partial charge in [-0.15, -0.1) is 0 Å². The van der Waals surface area contributed by atoms with Crippen LogP contribution in [0, 0.1) is 12.7 Å². The zero-order chi connectivity index (χ0) is 12.4. The zero-order valence-electron chi connectivity index (χ0n) is 8.84. The molecule has 3 nitrogen and oxygen atoms in total. The summed E-state index contributed by atoms with van der Waals surface area (Å²) in [5.41, 5.74) is 1.35. The van der Waals surface area contributed by atoms with E-state index in [1.807, 2.05) is 0 Å². The van der Waals surface area contributed by atoms with Crippen LogP contribution < -0.4 is 5.32 Å². The van der Waals surface area contributed by atoms with Gasteiger partial charge in [0.05, 0.1) is 6.20 Å². The van der Waals surface area contributed by atoms with Gasteiger partial charge in [0.25, 0.3) is 0 Å². The molecule has 0 fully saturated rings. The maximum atomic E-state index is 13.2. The van der Waals surface area contributed by atoms with E-state index >= 15 is 0 Å². The number of hydrogen-bond acceptors (Lipinski definition) is 3. The first kappa shape index (κ1) is 12.1. The molecule has 2 aromatic rings. The number of hydrogen-bond donors (Lipinski definition) is 1. The lowest BCUT2D eigenvalue weighted by Crippen LogP contribution is -1.97. The fraction of sp³-hybridized carbons (Fsp3) is 0.0909. The minimum absolute atomic E-state index is 0.0741. The van der Waals surface area contributed by atoms with Gasteiger partial charge in [0.2, 0.25) is 5.28 Å². The number of halogens is 3. The van der Waals surface area contributed by atoms with Crippen LogP contribution in [0.5, 0.6) is 0 Å². The third kappa shape index (κ3) is 3.05. The van der Waals surface area contributed by atoms with Crippen LogP contribution in [0.25, 0.3) is 0 Å². The predicted octanol–water partition coefficient (Wildman–Crippen LogP) is 3.97. The standard InChI is InChI=1S/C11H8Cl2FN3/c1-6-2-7(14)4-8(3-6)16-10-9(12)5-15-11(13)17-10/h2-5H,1H3,(H,15,16,17). The highest BCUT2D eigenvalue weighted by atomic mass is 35.5. The van der Waals surface area contributed by atoms with Gasteiger partial charge in [-0.05, 0) is 42.3 Å². The Balaban J connectivity index is 2.34. The van der Waals surface area contributed by atoms with E-state index in [9.17, 15) is 4.39 Å². The molecule has 0 bridgehead atoms. The Bertz CT molecular complexity index is 540. The minimum atomic E-state index is -0.330. The zero-order valence-corrected chi connectivity index (χ0v) is 10.3. The molecular formula is C11H8Cl2FN3. The lowest BCUT2D eigenvalue weighted by Gasteiger charge is -2.08. The number of rotatable bonds is 2. The average Bonchev–Trinajstić information content (AvgIpc) is 2.22. The largest absolute Gasteiger partial charge is 0.339 e. The van der Waals surface area contributed by atoms with E-state index in [4.69, 9.17) is 23.2 Å². The molecule has 1 heterocycles. The second-order valence-electron chi connectivity index (χ2n) is 3.48. The van der Waals surface area contributed by atoms with Gasteiger partial charge >= 0.3 is 0 Å². The van der Waals surface area contributed by atoms with E-state index in [2.05, 4.69) is 15.3 Å². The molecule has 0 amide bonds. The summed E-state index contributed by atoms with van der Waals surface area (Å²) in [6.45, 7) is 1.79. The fourth-order valence-electron chi connectivity index (χ4n) is 1.38. The van der Waals surface area contributed by atoms with Gasteiger partial charge in [0, 0.05) is 5.69 Å². The summed E-state index contributed by atoms with van der Waals surface area (Å²) >= 11 is 11.5. The molecule has 1 aromatic carbocycles. The number of aryl methyl sites for hydroxylation is 1. The lowest BCUT2D eigenvalue weighted by atomic mass is 10.2. The smallest absolute Gasteiger partial charge is 0.224 e. The van der Waals surface area contributed by atoms with Gasteiger partial charge in [-0.2, -0.15) is 4.98 Å². The van der Waals surface area contributed by atoms with Crippen LogP contribution in [-0.2, 0) is 0 Å². The van der Waals surface area contributed by atoms with Gasteiger partial charge in [-0.1, -0.05) is 11.6 Å². The van der Waals surface area contributed by atoms with Gasteiger partial charge in [-0.3, -0.25) is 0 Å². The Morgan fingerprint density at radius 2 is 2.00 bits per heavy atom. The molecule has 88 valence electrons. The molecular weight excluding hydrogens is 264 g/mol.